The van der Waals surface area contributed by atoms with Gasteiger partial charge in [-0.25, -0.2) is 9.18 Å². The largest absolute Gasteiger partial charge is 0.465 e. The summed E-state index contributed by atoms with van der Waals surface area (Å²) in [6, 6.07) is 8.05. The second-order valence-corrected chi connectivity index (χ2v) is 9.23. The van der Waals surface area contributed by atoms with Crippen LogP contribution in [0.1, 0.15) is 39.0 Å². The van der Waals surface area contributed by atoms with E-state index in [0.29, 0.717) is 6.54 Å². The molecule has 0 spiro atoms. The van der Waals surface area contributed by atoms with Crippen LogP contribution in [0.25, 0.3) is 0 Å². The van der Waals surface area contributed by atoms with E-state index in [0.717, 1.165) is 20.3 Å². The van der Waals surface area contributed by atoms with Crippen LogP contribution in [0.15, 0.2) is 39.4 Å². The Bertz CT molecular complexity index is 892. The van der Waals surface area contributed by atoms with Gasteiger partial charge in [0.1, 0.15) is 18.0 Å². The van der Waals surface area contributed by atoms with Gasteiger partial charge in [0.25, 0.3) is 0 Å². The van der Waals surface area contributed by atoms with Gasteiger partial charge in [0.15, 0.2) is 0 Å². The number of nitrogens with zero attached hydrogens (tertiary/aromatic N) is 2. The lowest BCUT2D eigenvalue weighted by Gasteiger charge is -2.27. The number of carbonyl (C=O) groups is 2. The monoisotopic (exact) mass is 546 g/mol. The molecule has 0 aliphatic heterocycles. The van der Waals surface area contributed by atoms with E-state index < -0.39 is 17.7 Å². The first-order valence-electron chi connectivity index (χ1n) is 9.41. The summed E-state index contributed by atoms with van der Waals surface area (Å²) in [5.74, 6) is -0.824. The molecule has 1 aromatic heterocycles. The van der Waals surface area contributed by atoms with Gasteiger partial charge in [0.05, 0.1) is 22.2 Å². The molecule has 30 heavy (non-hydrogen) atoms. The van der Waals surface area contributed by atoms with Crippen LogP contribution < -0.4 is 0 Å². The molecule has 1 aromatic carbocycles. The second-order valence-electron chi connectivity index (χ2n) is 7.63. The average molecular weight is 548 g/mol. The van der Waals surface area contributed by atoms with Crippen molar-refractivity contribution in [3.63, 3.8) is 0 Å². The SMILES string of the molecule is CCOC(=O)CN(Cc1cc(Br)c(Br)n1Cc1ccc(F)cc1)C(=O)OC(C)(C)C. The maximum Gasteiger partial charge on any atom is 0.411 e. The Balaban J connectivity index is 2.31. The number of aromatic nitrogens is 1. The first-order chi connectivity index (χ1) is 14.0. The highest BCUT2D eigenvalue weighted by molar-refractivity contribution is 9.13. The van der Waals surface area contributed by atoms with Gasteiger partial charge >= 0.3 is 12.1 Å². The molecule has 9 heteroatoms. The minimum atomic E-state index is -0.707. The summed E-state index contributed by atoms with van der Waals surface area (Å²) in [5.41, 5.74) is 0.935. The zero-order valence-corrected chi connectivity index (χ0v) is 20.5. The average Bonchev–Trinajstić information content (AvgIpc) is 2.89. The Morgan fingerprint density at radius 2 is 1.80 bits per heavy atom. The van der Waals surface area contributed by atoms with Gasteiger partial charge in [-0.15, -0.1) is 0 Å². The first-order valence-corrected chi connectivity index (χ1v) is 11.0. The molecule has 0 unspecified atom stereocenters. The fourth-order valence-corrected chi connectivity index (χ4v) is 3.63. The molecule has 6 nitrogen and oxygen atoms in total. The maximum atomic E-state index is 13.2. The van der Waals surface area contributed by atoms with E-state index in [-0.39, 0.29) is 25.5 Å². The molecule has 0 saturated carbocycles. The molecule has 0 aliphatic carbocycles. The third-order valence-electron chi connectivity index (χ3n) is 3.96. The first kappa shape index (κ1) is 24.4. The van der Waals surface area contributed by atoms with Gasteiger partial charge in [-0.05, 0) is 83.3 Å². The smallest absolute Gasteiger partial charge is 0.411 e. The maximum absolute atomic E-state index is 13.2. The Kier molecular flexibility index (Phi) is 8.49. The van der Waals surface area contributed by atoms with Crippen molar-refractivity contribution in [1.82, 2.24) is 9.47 Å². The number of rotatable bonds is 7. The highest BCUT2D eigenvalue weighted by Gasteiger charge is 2.26. The summed E-state index contributed by atoms with van der Waals surface area (Å²) in [6.45, 7) is 7.55. The van der Waals surface area contributed by atoms with Crippen LogP contribution in [0.3, 0.4) is 0 Å². The van der Waals surface area contributed by atoms with E-state index in [2.05, 4.69) is 31.9 Å². The molecule has 0 saturated heterocycles. The van der Waals surface area contributed by atoms with E-state index in [9.17, 15) is 14.0 Å². The number of carbonyl (C=O) groups excluding carboxylic acids is 2. The number of hydrogen-bond donors (Lipinski definition) is 0. The molecule has 0 N–H and O–H groups in total. The number of hydrogen-bond acceptors (Lipinski definition) is 4. The number of benzene rings is 1. The summed E-state index contributed by atoms with van der Waals surface area (Å²) in [4.78, 5) is 26.1. The lowest BCUT2D eigenvalue weighted by molar-refractivity contribution is -0.144. The topological polar surface area (TPSA) is 60.8 Å². The van der Waals surface area contributed by atoms with Crippen LogP contribution in [0, 0.1) is 5.82 Å². The third kappa shape index (κ3) is 7.12. The van der Waals surface area contributed by atoms with E-state index >= 15 is 0 Å². The lowest BCUT2D eigenvalue weighted by atomic mass is 10.2. The third-order valence-corrected chi connectivity index (χ3v) is 5.95. The molecule has 0 bridgehead atoms. The van der Waals surface area contributed by atoms with Crippen LogP contribution >= 0.6 is 31.9 Å². The standard InChI is InChI=1S/C21H25Br2FN2O4/c1-5-29-18(27)13-25(20(28)30-21(2,3)4)12-16-10-17(22)19(23)26(16)11-14-6-8-15(24)9-7-14/h6-10H,5,11-13H2,1-4H3. The normalized spacial score (nSPS) is 11.3. The molecular formula is C21H25Br2FN2O4. The molecule has 1 amide bonds. The molecular weight excluding hydrogens is 523 g/mol. The number of esters is 1. The molecule has 2 aromatic rings. The van der Waals surface area contributed by atoms with Gasteiger partial charge in [0, 0.05) is 12.2 Å². The van der Waals surface area contributed by atoms with Crippen molar-refractivity contribution in [3.8, 4) is 0 Å². The molecule has 0 aliphatic rings. The Labute approximate surface area is 192 Å². The molecule has 164 valence electrons. The van der Waals surface area contributed by atoms with Crippen molar-refractivity contribution in [3.05, 3.63) is 56.5 Å². The highest BCUT2D eigenvalue weighted by Crippen LogP contribution is 2.29. The summed E-state index contributed by atoms with van der Waals surface area (Å²) < 4.78 is 27.2. The minimum absolute atomic E-state index is 0.124. The Hall–Kier alpha value is -1.87. The van der Waals surface area contributed by atoms with Crippen molar-refractivity contribution in [2.75, 3.05) is 13.2 Å². The van der Waals surface area contributed by atoms with Crippen molar-refractivity contribution in [1.29, 1.82) is 0 Å². The van der Waals surface area contributed by atoms with E-state index in [4.69, 9.17) is 9.47 Å². The predicted octanol–water partition coefficient (Wildman–Crippen LogP) is 5.50. The van der Waals surface area contributed by atoms with Crippen LogP contribution in [0.4, 0.5) is 9.18 Å². The van der Waals surface area contributed by atoms with Gasteiger partial charge in [-0.2, -0.15) is 0 Å². The molecule has 0 fully saturated rings. The molecule has 2 rings (SSSR count). The highest BCUT2D eigenvalue weighted by atomic mass is 79.9. The van der Waals surface area contributed by atoms with Gasteiger partial charge in [-0.3, -0.25) is 9.69 Å². The van der Waals surface area contributed by atoms with E-state index in [1.165, 1.54) is 17.0 Å². The van der Waals surface area contributed by atoms with Crippen LogP contribution in [-0.4, -0.2) is 40.3 Å². The van der Waals surface area contributed by atoms with Gasteiger partial charge < -0.3 is 14.0 Å². The Morgan fingerprint density at radius 1 is 1.17 bits per heavy atom. The molecule has 0 radical (unpaired) electrons. The van der Waals surface area contributed by atoms with E-state index in [1.54, 1.807) is 39.8 Å². The summed E-state index contributed by atoms with van der Waals surface area (Å²) in [7, 11) is 0. The summed E-state index contributed by atoms with van der Waals surface area (Å²) >= 11 is 7.03. The predicted molar refractivity (Wildman–Crippen MR) is 119 cm³/mol. The van der Waals surface area contributed by atoms with Crippen molar-refractivity contribution in [2.24, 2.45) is 0 Å². The zero-order chi connectivity index (χ0) is 22.5. The van der Waals surface area contributed by atoms with Crippen LogP contribution in [-0.2, 0) is 27.4 Å². The van der Waals surface area contributed by atoms with E-state index in [1.807, 2.05) is 10.6 Å². The lowest BCUT2D eigenvalue weighted by Crippen LogP contribution is -2.40. The number of amides is 1. The fourth-order valence-electron chi connectivity index (χ4n) is 2.68. The summed E-state index contributed by atoms with van der Waals surface area (Å²) in [5, 5.41) is 0. The summed E-state index contributed by atoms with van der Waals surface area (Å²) in [6.07, 6.45) is -0.614. The van der Waals surface area contributed by atoms with Gasteiger partial charge in [-0.1, -0.05) is 12.1 Å². The van der Waals surface area contributed by atoms with Crippen LogP contribution in [0.2, 0.25) is 0 Å². The van der Waals surface area contributed by atoms with Crippen molar-refractivity contribution < 1.29 is 23.5 Å². The second kappa shape index (κ2) is 10.4. The number of halogens is 3. The fraction of sp³-hybridized carbons (Fsp3) is 0.429. The van der Waals surface area contributed by atoms with Crippen molar-refractivity contribution in [2.45, 2.75) is 46.4 Å². The Morgan fingerprint density at radius 3 is 2.37 bits per heavy atom. The van der Waals surface area contributed by atoms with Crippen molar-refractivity contribution >= 4 is 43.9 Å². The quantitative estimate of drug-likeness (QED) is 0.429. The van der Waals surface area contributed by atoms with Gasteiger partial charge in [0.2, 0.25) is 0 Å². The zero-order valence-electron chi connectivity index (χ0n) is 17.4. The minimum Gasteiger partial charge on any atom is -0.465 e. The molecule has 1 heterocycles. The molecule has 0 atom stereocenters. The van der Waals surface area contributed by atoms with Crippen LogP contribution in [0.5, 0.6) is 0 Å². The number of ether oxygens (including phenoxy) is 2.